The summed E-state index contributed by atoms with van der Waals surface area (Å²) in [6.07, 6.45) is 4.28. The summed E-state index contributed by atoms with van der Waals surface area (Å²) in [6, 6.07) is 7.93. The summed E-state index contributed by atoms with van der Waals surface area (Å²) in [6.45, 7) is 5.06. The van der Waals surface area contributed by atoms with Gasteiger partial charge in [0.2, 0.25) is 15.9 Å². The SMILES string of the molecule is C[C@@H]1C[C@@H](C)CN(S(=O)(=O)c2ccc3c(c2)oc(=O)n3CC(=O)NCc2cccnc2)C1. The number of amides is 1. The maximum absolute atomic E-state index is 13.1. The first-order chi connectivity index (χ1) is 15.2. The van der Waals surface area contributed by atoms with Crippen LogP contribution in [0, 0.1) is 11.8 Å². The molecular weight excluding hydrogens is 432 g/mol. The average Bonchev–Trinajstić information content (AvgIpc) is 3.06. The zero-order chi connectivity index (χ0) is 22.9. The Bertz CT molecular complexity index is 1270. The Morgan fingerprint density at radius 2 is 1.97 bits per heavy atom. The molecule has 1 N–H and O–H groups in total. The summed E-state index contributed by atoms with van der Waals surface area (Å²) in [4.78, 5) is 28.7. The Hall–Kier alpha value is -2.98. The minimum atomic E-state index is -3.71. The lowest BCUT2D eigenvalue weighted by atomic mass is 9.94. The Labute approximate surface area is 186 Å². The quantitative estimate of drug-likeness (QED) is 0.604. The molecule has 4 rings (SSSR count). The second-order valence-corrected chi connectivity index (χ2v) is 10.4. The fourth-order valence-electron chi connectivity index (χ4n) is 4.21. The normalized spacial score (nSPS) is 19.8. The molecule has 1 saturated heterocycles. The Morgan fingerprint density at radius 1 is 1.22 bits per heavy atom. The molecule has 32 heavy (non-hydrogen) atoms. The van der Waals surface area contributed by atoms with Crippen LogP contribution in [0.1, 0.15) is 25.8 Å². The van der Waals surface area contributed by atoms with Crippen molar-refractivity contribution in [1.82, 2.24) is 19.2 Å². The zero-order valence-corrected chi connectivity index (χ0v) is 18.8. The molecule has 0 bridgehead atoms. The van der Waals surface area contributed by atoms with Gasteiger partial charge in [-0.25, -0.2) is 13.2 Å². The number of hydrogen-bond acceptors (Lipinski definition) is 6. The molecule has 1 aromatic carbocycles. The lowest BCUT2D eigenvalue weighted by Crippen LogP contribution is -2.42. The van der Waals surface area contributed by atoms with Crippen LogP contribution in [0.25, 0.3) is 11.1 Å². The molecular formula is C22H26N4O5S. The third-order valence-electron chi connectivity index (χ3n) is 5.63. The van der Waals surface area contributed by atoms with E-state index in [-0.39, 0.29) is 41.3 Å². The van der Waals surface area contributed by atoms with Crippen LogP contribution in [0.4, 0.5) is 0 Å². The van der Waals surface area contributed by atoms with Crippen molar-refractivity contribution in [3.8, 4) is 0 Å². The van der Waals surface area contributed by atoms with Gasteiger partial charge in [-0.05, 0) is 42.0 Å². The summed E-state index contributed by atoms with van der Waals surface area (Å²) in [5.41, 5.74) is 1.33. The highest BCUT2D eigenvalue weighted by Crippen LogP contribution is 2.28. The maximum Gasteiger partial charge on any atom is 0.420 e. The van der Waals surface area contributed by atoms with Crippen LogP contribution in [-0.4, -0.2) is 41.3 Å². The fourth-order valence-corrected chi connectivity index (χ4v) is 5.91. The van der Waals surface area contributed by atoms with Crippen LogP contribution in [0.2, 0.25) is 0 Å². The summed E-state index contributed by atoms with van der Waals surface area (Å²) in [5.74, 6) is -0.527. The van der Waals surface area contributed by atoms with Crippen molar-refractivity contribution in [2.75, 3.05) is 13.1 Å². The maximum atomic E-state index is 13.1. The number of oxazole rings is 1. The third kappa shape index (κ3) is 4.61. The van der Waals surface area contributed by atoms with Crippen molar-refractivity contribution in [1.29, 1.82) is 0 Å². The fraction of sp³-hybridized carbons (Fsp3) is 0.409. The summed E-state index contributed by atoms with van der Waals surface area (Å²) in [7, 11) is -3.71. The van der Waals surface area contributed by atoms with Gasteiger partial charge in [-0.2, -0.15) is 4.31 Å². The van der Waals surface area contributed by atoms with Crippen molar-refractivity contribution in [3.63, 3.8) is 0 Å². The number of nitrogens with zero attached hydrogens (tertiary/aromatic N) is 3. The van der Waals surface area contributed by atoms with Gasteiger partial charge in [0.15, 0.2) is 5.58 Å². The molecule has 0 saturated carbocycles. The molecule has 0 spiro atoms. The standard InChI is InChI=1S/C22H26N4O5S/c1-15-8-16(2)13-25(12-15)32(29,30)18-5-6-19-20(9-18)31-22(28)26(19)14-21(27)24-11-17-4-3-7-23-10-17/h3-7,9-10,15-16H,8,11-14H2,1-2H3,(H,24,27)/t15-,16-/m1/s1. The van der Waals surface area contributed by atoms with E-state index in [0.717, 1.165) is 12.0 Å². The number of nitrogens with one attached hydrogen (secondary N) is 1. The lowest BCUT2D eigenvalue weighted by molar-refractivity contribution is -0.121. The van der Waals surface area contributed by atoms with Gasteiger partial charge in [-0.3, -0.25) is 14.3 Å². The van der Waals surface area contributed by atoms with Gasteiger partial charge in [0.25, 0.3) is 0 Å². The van der Waals surface area contributed by atoms with E-state index in [0.29, 0.717) is 18.6 Å². The predicted octanol–water partition coefficient (Wildman–Crippen LogP) is 1.97. The number of fused-ring (bicyclic) bond motifs is 1. The molecule has 0 radical (unpaired) electrons. The summed E-state index contributed by atoms with van der Waals surface area (Å²) >= 11 is 0. The van der Waals surface area contributed by atoms with Gasteiger partial charge in [0.1, 0.15) is 6.54 Å². The first-order valence-electron chi connectivity index (χ1n) is 10.5. The second kappa shape index (κ2) is 8.87. The van der Waals surface area contributed by atoms with Crippen LogP contribution in [0.3, 0.4) is 0 Å². The highest BCUT2D eigenvalue weighted by Gasteiger charge is 2.32. The Morgan fingerprint density at radius 3 is 2.66 bits per heavy atom. The molecule has 1 amide bonds. The molecule has 10 heteroatoms. The number of carbonyl (C=O) groups is 1. The van der Waals surface area contributed by atoms with E-state index in [1.165, 1.54) is 27.1 Å². The highest BCUT2D eigenvalue weighted by atomic mass is 32.2. The average molecular weight is 459 g/mol. The van der Waals surface area contributed by atoms with E-state index in [1.54, 1.807) is 18.5 Å². The first-order valence-corrected chi connectivity index (χ1v) is 12.0. The number of rotatable bonds is 6. The molecule has 2 aromatic heterocycles. The van der Waals surface area contributed by atoms with E-state index >= 15 is 0 Å². The minimum absolute atomic E-state index is 0.0771. The van der Waals surface area contributed by atoms with Crippen LogP contribution < -0.4 is 11.1 Å². The minimum Gasteiger partial charge on any atom is -0.408 e. The Kier molecular flexibility index (Phi) is 6.16. The number of benzene rings is 1. The molecule has 1 aliphatic heterocycles. The molecule has 1 fully saturated rings. The van der Waals surface area contributed by atoms with Gasteiger partial charge < -0.3 is 9.73 Å². The third-order valence-corrected chi connectivity index (χ3v) is 7.45. The molecule has 0 unspecified atom stereocenters. The molecule has 3 heterocycles. The predicted molar refractivity (Wildman–Crippen MR) is 118 cm³/mol. The number of sulfonamides is 1. The number of carbonyl (C=O) groups excluding carboxylic acids is 1. The van der Waals surface area contributed by atoms with E-state index in [9.17, 15) is 18.0 Å². The monoisotopic (exact) mass is 458 g/mol. The van der Waals surface area contributed by atoms with Crippen LogP contribution in [0.5, 0.6) is 0 Å². The first kappa shape index (κ1) is 22.2. The van der Waals surface area contributed by atoms with E-state index in [4.69, 9.17) is 4.42 Å². The van der Waals surface area contributed by atoms with Gasteiger partial charge in [0, 0.05) is 38.1 Å². The van der Waals surface area contributed by atoms with Crippen molar-refractivity contribution in [2.24, 2.45) is 11.8 Å². The van der Waals surface area contributed by atoms with E-state index in [1.807, 2.05) is 19.9 Å². The van der Waals surface area contributed by atoms with Gasteiger partial charge in [-0.1, -0.05) is 19.9 Å². The molecule has 170 valence electrons. The highest BCUT2D eigenvalue weighted by molar-refractivity contribution is 7.89. The number of pyridine rings is 1. The van der Waals surface area contributed by atoms with Crippen molar-refractivity contribution < 1.29 is 17.6 Å². The smallest absolute Gasteiger partial charge is 0.408 e. The molecule has 3 aromatic rings. The van der Waals surface area contributed by atoms with Crippen LogP contribution in [-0.2, 0) is 27.9 Å². The van der Waals surface area contributed by atoms with Crippen molar-refractivity contribution in [3.05, 3.63) is 58.8 Å². The Balaban J connectivity index is 1.54. The second-order valence-electron chi connectivity index (χ2n) is 8.49. The summed E-state index contributed by atoms with van der Waals surface area (Å²) < 4.78 is 34.2. The van der Waals surface area contributed by atoms with Crippen LogP contribution in [0.15, 0.2) is 56.8 Å². The molecule has 1 aliphatic rings. The lowest BCUT2D eigenvalue weighted by Gasteiger charge is -2.34. The van der Waals surface area contributed by atoms with Gasteiger partial charge in [0.05, 0.1) is 10.4 Å². The topological polar surface area (TPSA) is 115 Å². The number of piperidine rings is 1. The number of hydrogen-bond donors (Lipinski definition) is 1. The van der Waals surface area contributed by atoms with Gasteiger partial charge >= 0.3 is 5.76 Å². The van der Waals surface area contributed by atoms with Crippen LogP contribution >= 0.6 is 0 Å². The van der Waals surface area contributed by atoms with Crippen molar-refractivity contribution in [2.45, 2.75) is 38.3 Å². The van der Waals surface area contributed by atoms with Gasteiger partial charge in [-0.15, -0.1) is 0 Å². The van der Waals surface area contributed by atoms with Crippen molar-refractivity contribution >= 4 is 27.0 Å². The summed E-state index contributed by atoms with van der Waals surface area (Å²) in [5, 5.41) is 2.73. The number of aromatic nitrogens is 2. The molecule has 2 atom stereocenters. The molecule has 9 nitrogen and oxygen atoms in total. The van der Waals surface area contributed by atoms with E-state index in [2.05, 4.69) is 10.3 Å². The largest absolute Gasteiger partial charge is 0.420 e. The zero-order valence-electron chi connectivity index (χ0n) is 18.0. The van der Waals surface area contributed by atoms with E-state index < -0.39 is 15.8 Å². The molecule has 0 aliphatic carbocycles.